The summed E-state index contributed by atoms with van der Waals surface area (Å²) in [6.07, 6.45) is 1.59. The maximum absolute atomic E-state index is 12.5. The van der Waals surface area contributed by atoms with Crippen molar-refractivity contribution in [2.75, 3.05) is 5.32 Å². The van der Waals surface area contributed by atoms with E-state index in [4.69, 9.17) is 55.6 Å². The van der Waals surface area contributed by atoms with Crippen LogP contribution in [0.5, 0.6) is 5.75 Å². The van der Waals surface area contributed by atoms with E-state index in [1.54, 1.807) is 65.5 Å². The molecule has 0 unspecified atom stereocenters. The number of hydrogen-bond acceptors (Lipinski definition) is 4. The lowest BCUT2D eigenvalue weighted by molar-refractivity contribution is 0.0992. The third-order valence-corrected chi connectivity index (χ3v) is 5.49. The first kappa shape index (κ1) is 22.6. The Balaban J connectivity index is 1.38. The van der Waals surface area contributed by atoms with Crippen molar-refractivity contribution in [1.82, 2.24) is 9.78 Å². The molecule has 32 heavy (non-hydrogen) atoms. The molecule has 0 fully saturated rings. The highest BCUT2D eigenvalue weighted by Gasteiger charge is 2.16. The van der Waals surface area contributed by atoms with Gasteiger partial charge >= 0.3 is 0 Å². The molecule has 0 saturated carbocycles. The van der Waals surface area contributed by atoms with Gasteiger partial charge in [-0.3, -0.25) is 9.48 Å². The van der Waals surface area contributed by atoms with Crippen molar-refractivity contribution in [3.05, 3.63) is 98.0 Å². The molecule has 6 nitrogen and oxygen atoms in total. The van der Waals surface area contributed by atoms with E-state index in [2.05, 4.69) is 10.4 Å². The number of nitrogens with zero attached hydrogens (tertiary/aromatic N) is 2. The fourth-order valence-electron chi connectivity index (χ4n) is 2.82. The summed E-state index contributed by atoms with van der Waals surface area (Å²) in [5.74, 6) is 0.941. The van der Waals surface area contributed by atoms with Gasteiger partial charge in [0.2, 0.25) is 0 Å². The molecule has 4 aromatic rings. The molecule has 0 aliphatic heterocycles. The van der Waals surface area contributed by atoms with Crippen LogP contribution in [0.4, 0.5) is 5.82 Å². The number of amides is 1. The number of halogens is 4. The number of nitrogens with one attached hydrogen (secondary N) is 1. The molecule has 164 valence electrons. The summed E-state index contributed by atoms with van der Waals surface area (Å²) in [7, 11) is 0. The minimum absolute atomic E-state index is 0.103. The van der Waals surface area contributed by atoms with Gasteiger partial charge in [-0.15, -0.1) is 0 Å². The lowest BCUT2D eigenvalue weighted by Gasteiger charge is -2.05. The van der Waals surface area contributed by atoms with Crippen molar-refractivity contribution in [2.24, 2.45) is 0 Å². The molecule has 0 saturated heterocycles. The van der Waals surface area contributed by atoms with Gasteiger partial charge in [0.25, 0.3) is 5.91 Å². The zero-order chi connectivity index (χ0) is 22.7. The third kappa shape index (κ3) is 5.58. The minimum Gasteiger partial charge on any atom is -0.486 e. The Hall–Kier alpha value is -2.64. The van der Waals surface area contributed by atoms with Gasteiger partial charge in [0.05, 0.1) is 6.54 Å². The summed E-state index contributed by atoms with van der Waals surface area (Å²) in [6.45, 7) is 0.519. The Morgan fingerprint density at radius 3 is 2.47 bits per heavy atom. The Morgan fingerprint density at radius 2 is 1.72 bits per heavy atom. The second-order valence-corrected chi connectivity index (χ2v) is 8.41. The van der Waals surface area contributed by atoms with Gasteiger partial charge in [-0.1, -0.05) is 52.5 Å². The average molecular weight is 511 g/mol. The van der Waals surface area contributed by atoms with Crippen molar-refractivity contribution in [3.8, 4) is 5.75 Å². The summed E-state index contributed by atoms with van der Waals surface area (Å²) in [5.41, 5.74) is 0.810. The second kappa shape index (κ2) is 9.88. The Labute approximate surface area is 203 Å². The van der Waals surface area contributed by atoms with Crippen molar-refractivity contribution in [1.29, 1.82) is 0 Å². The predicted octanol–water partition coefficient (Wildman–Crippen LogP) is 6.97. The SMILES string of the molecule is O=C(Nc1nn(Cc2ccc(Cl)cc2Cl)cc1Cl)c1ccc(COc2ccc(Cl)cc2)o1. The molecular formula is C22H15Cl4N3O3. The van der Waals surface area contributed by atoms with Crippen LogP contribution in [-0.4, -0.2) is 15.7 Å². The molecule has 0 spiro atoms. The number of hydrogen-bond donors (Lipinski definition) is 1. The summed E-state index contributed by atoms with van der Waals surface area (Å²) in [4.78, 5) is 12.5. The Bertz CT molecular complexity index is 1250. The number of rotatable bonds is 7. The van der Waals surface area contributed by atoms with Crippen LogP contribution in [0.3, 0.4) is 0 Å². The molecule has 0 radical (unpaired) electrons. The molecule has 2 aromatic heterocycles. The van der Waals surface area contributed by atoms with E-state index in [9.17, 15) is 4.79 Å². The highest BCUT2D eigenvalue weighted by atomic mass is 35.5. The fourth-order valence-corrected chi connectivity index (χ4v) is 3.61. The van der Waals surface area contributed by atoms with Gasteiger partial charge in [-0.2, -0.15) is 5.10 Å². The highest BCUT2D eigenvalue weighted by Crippen LogP contribution is 2.25. The fraction of sp³-hybridized carbons (Fsp3) is 0.0909. The maximum Gasteiger partial charge on any atom is 0.292 e. The molecule has 0 bridgehead atoms. The van der Waals surface area contributed by atoms with Crippen LogP contribution in [-0.2, 0) is 13.2 Å². The third-order valence-electron chi connectivity index (χ3n) is 4.38. The standard InChI is InChI=1S/C22H15Cl4N3O3/c23-14-3-5-16(6-4-14)31-12-17-7-8-20(32-17)22(30)27-21-19(26)11-29(28-21)10-13-1-2-15(24)9-18(13)25/h1-9,11H,10,12H2,(H,27,28,30). The number of furan rings is 1. The molecule has 0 aliphatic carbocycles. The lowest BCUT2D eigenvalue weighted by Crippen LogP contribution is -2.12. The monoisotopic (exact) mass is 509 g/mol. The molecular weight excluding hydrogens is 496 g/mol. The highest BCUT2D eigenvalue weighted by molar-refractivity contribution is 6.35. The molecule has 1 N–H and O–H groups in total. The normalized spacial score (nSPS) is 10.9. The molecule has 1 amide bonds. The lowest BCUT2D eigenvalue weighted by atomic mass is 10.2. The van der Waals surface area contributed by atoms with E-state index in [0.717, 1.165) is 5.56 Å². The molecule has 10 heteroatoms. The van der Waals surface area contributed by atoms with Crippen LogP contribution in [0.25, 0.3) is 0 Å². The number of benzene rings is 2. The van der Waals surface area contributed by atoms with Gasteiger partial charge in [-0.05, 0) is 54.1 Å². The van der Waals surface area contributed by atoms with E-state index < -0.39 is 5.91 Å². The molecule has 2 aromatic carbocycles. The number of ether oxygens (including phenoxy) is 1. The van der Waals surface area contributed by atoms with E-state index in [-0.39, 0.29) is 23.2 Å². The van der Waals surface area contributed by atoms with E-state index in [1.807, 2.05) is 0 Å². The van der Waals surface area contributed by atoms with Crippen LogP contribution < -0.4 is 10.1 Å². The zero-order valence-corrected chi connectivity index (χ0v) is 19.3. The summed E-state index contributed by atoms with van der Waals surface area (Å²) < 4.78 is 12.7. The average Bonchev–Trinajstić information content (AvgIpc) is 3.36. The van der Waals surface area contributed by atoms with Gasteiger partial charge in [-0.25, -0.2) is 0 Å². The first-order valence-corrected chi connectivity index (χ1v) is 10.8. The maximum atomic E-state index is 12.5. The second-order valence-electron chi connectivity index (χ2n) is 6.72. The Morgan fingerprint density at radius 1 is 0.969 bits per heavy atom. The minimum atomic E-state index is -0.487. The summed E-state index contributed by atoms with van der Waals surface area (Å²) >= 11 is 24.2. The largest absolute Gasteiger partial charge is 0.486 e. The number of carbonyl (C=O) groups excluding carboxylic acids is 1. The van der Waals surface area contributed by atoms with Crippen molar-refractivity contribution >= 4 is 58.1 Å². The van der Waals surface area contributed by atoms with E-state index >= 15 is 0 Å². The van der Waals surface area contributed by atoms with Crippen LogP contribution in [0, 0.1) is 0 Å². The quantitative estimate of drug-likeness (QED) is 0.291. The van der Waals surface area contributed by atoms with E-state index in [0.29, 0.717) is 33.1 Å². The molecule has 2 heterocycles. The molecule has 4 rings (SSSR count). The smallest absolute Gasteiger partial charge is 0.292 e. The van der Waals surface area contributed by atoms with Crippen molar-refractivity contribution < 1.29 is 13.9 Å². The molecule has 0 atom stereocenters. The topological polar surface area (TPSA) is 69.3 Å². The number of carbonyl (C=O) groups is 1. The van der Waals surface area contributed by atoms with Crippen molar-refractivity contribution in [3.63, 3.8) is 0 Å². The Kier molecular flexibility index (Phi) is 6.96. The van der Waals surface area contributed by atoms with Crippen molar-refractivity contribution in [2.45, 2.75) is 13.2 Å². The molecule has 0 aliphatic rings. The van der Waals surface area contributed by atoms with Gasteiger partial charge in [0, 0.05) is 21.3 Å². The first-order chi connectivity index (χ1) is 15.4. The predicted molar refractivity (Wildman–Crippen MR) is 125 cm³/mol. The van der Waals surface area contributed by atoms with Crippen LogP contribution >= 0.6 is 46.4 Å². The zero-order valence-electron chi connectivity index (χ0n) is 16.3. The number of anilines is 1. The van der Waals surface area contributed by atoms with Gasteiger partial charge in [0.15, 0.2) is 11.6 Å². The summed E-state index contributed by atoms with van der Waals surface area (Å²) in [5, 5.41) is 8.90. The van der Waals surface area contributed by atoms with Crippen LogP contribution in [0.15, 0.2) is 65.2 Å². The van der Waals surface area contributed by atoms with Gasteiger partial charge < -0.3 is 14.5 Å². The number of aromatic nitrogens is 2. The first-order valence-electron chi connectivity index (χ1n) is 9.33. The summed E-state index contributed by atoms with van der Waals surface area (Å²) in [6, 6.07) is 15.3. The van der Waals surface area contributed by atoms with Crippen LogP contribution in [0.1, 0.15) is 21.9 Å². The van der Waals surface area contributed by atoms with Gasteiger partial charge in [0.1, 0.15) is 23.1 Å². The van der Waals surface area contributed by atoms with Crippen LogP contribution in [0.2, 0.25) is 20.1 Å². The van der Waals surface area contributed by atoms with E-state index in [1.165, 1.54) is 0 Å².